The summed E-state index contributed by atoms with van der Waals surface area (Å²) in [7, 11) is -5.76. The average molecular weight is 731 g/mol. The third kappa shape index (κ3) is 16.0. The first-order valence-corrected chi connectivity index (χ1v) is 19.8. The quantitative estimate of drug-likeness (QED) is 0.0594. The maximum Gasteiger partial charge on any atom is 0.399 e. The first-order chi connectivity index (χ1) is 23.5. The molecule has 11 nitrogen and oxygen atoms in total. The lowest BCUT2D eigenvalue weighted by Gasteiger charge is -2.29. The highest BCUT2D eigenvalue weighted by Crippen LogP contribution is 2.59. The number of rotatable bonds is 25. The predicted molar refractivity (Wildman–Crippen MR) is 191 cm³/mol. The molecule has 1 aromatic carbocycles. The Morgan fingerprint density at radius 3 is 1.68 bits per heavy atom. The molecule has 286 valence electrons. The fraction of sp³-hybridized carbons (Fsp3) is 0.722. The van der Waals surface area contributed by atoms with Crippen LogP contribution in [0.4, 0.5) is 8.78 Å². The van der Waals surface area contributed by atoms with Crippen LogP contribution in [0.3, 0.4) is 0 Å². The highest BCUT2D eigenvalue weighted by Gasteiger charge is 2.50. The average Bonchev–Trinajstić information content (AvgIpc) is 3.04. The highest BCUT2D eigenvalue weighted by atomic mass is 31.2. The highest BCUT2D eigenvalue weighted by molar-refractivity contribution is 7.52. The van der Waals surface area contributed by atoms with Crippen LogP contribution in [0.15, 0.2) is 24.3 Å². The lowest BCUT2D eigenvalue weighted by atomic mass is 10.00. The number of carbonyl (C=O) groups excluding carboxylic acids is 4. The third-order valence-electron chi connectivity index (χ3n) is 8.65. The second kappa shape index (κ2) is 22.8. The van der Waals surface area contributed by atoms with Crippen LogP contribution in [0.5, 0.6) is 0 Å². The summed E-state index contributed by atoms with van der Waals surface area (Å²) in [5.41, 5.74) is -4.96. The summed E-state index contributed by atoms with van der Waals surface area (Å²) in [6.07, 6.45) is 13.0. The molecule has 0 fully saturated rings. The van der Waals surface area contributed by atoms with Gasteiger partial charge in [-0.3, -0.25) is 23.7 Å². The van der Waals surface area contributed by atoms with Crippen molar-refractivity contribution in [2.75, 3.05) is 13.1 Å². The fourth-order valence-corrected chi connectivity index (χ4v) is 6.11. The predicted octanol–water partition coefficient (Wildman–Crippen LogP) is 6.16. The molecule has 50 heavy (non-hydrogen) atoms. The summed E-state index contributed by atoms with van der Waals surface area (Å²) in [4.78, 5) is 72.3. The van der Waals surface area contributed by atoms with E-state index in [1.165, 1.54) is 44.7 Å². The number of nitrogens with one attached hydrogen (secondary N) is 3. The van der Waals surface area contributed by atoms with E-state index in [4.69, 9.17) is 9.79 Å². The van der Waals surface area contributed by atoms with Crippen molar-refractivity contribution in [3.63, 3.8) is 0 Å². The van der Waals surface area contributed by atoms with Crippen LogP contribution >= 0.6 is 7.60 Å². The van der Waals surface area contributed by atoms with Crippen LogP contribution in [-0.4, -0.2) is 69.5 Å². The van der Waals surface area contributed by atoms with Crippen LogP contribution in [0.1, 0.15) is 130 Å². The topological polar surface area (TPSA) is 165 Å². The molecule has 0 radical (unpaired) electrons. The van der Waals surface area contributed by atoms with Crippen molar-refractivity contribution in [3.05, 3.63) is 35.4 Å². The Morgan fingerprint density at radius 2 is 1.24 bits per heavy atom. The SMILES string of the molecule is CCCCCCCCN(CCCCCCCC)C(=O)C(C)NC(=O)[C@@H](NC(=O)[C@@H](Cc1ccc(C(F)(F)P(=O)(O)O)cc1)NC(C)=O)C(C)C. The zero-order valence-corrected chi connectivity index (χ0v) is 31.7. The Morgan fingerprint density at radius 1 is 0.760 bits per heavy atom. The van der Waals surface area contributed by atoms with Gasteiger partial charge in [0, 0.05) is 32.0 Å². The molecule has 0 heterocycles. The number of amides is 4. The lowest BCUT2D eigenvalue weighted by Crippen LogP contribution is -2.58. The molecule has 1 aromatic rings. The van der Waals surface area contributed by atoms with Crippen LogP contribution < -0.4 is 16.0 Å². The Balaban J connectivity index is 2.99. The van der Waals surface area contributed by atoms with Gasteiger partial charge in [-0.05, 0) is 31.2 Å². The molecule has 0 saturated carbocycles. The number of hydrogen-bond acceptors (Lipinski definition) is 5. The Hall–Kier alpha value is -2.89. The van der Waals surface area contributed by atoms with E-state index in [0.29, 0.717) is 18.7 Å². The molecular weight excluding hydrogens is 669 g/mol. The molecule has 0 aromatic heterocycles. The van der Waals surface area contributed by atoms with E-state index in [0.717, 1.165) is 63.5 Å². The van der Waals surface area contributed by atoms with Crippen molar-refractivity contribution in [1.29, 1.82) is 0 Å². The summed E-state index contributed by atoms with van der Waals surface area (Å²) in [5, 5.41) is 7.96. The zero-order chi connectivity index (χ0) is 37.9. The van der Waals surface area contributed by atoms with Gasteiger partial charge in [0.15, 0.2) is 0 Å². The molecule has 0 aliphatic rings. The van der Waals surface area contributed by atoms with Gasteiger partial charge < -0.3 is 30.6 Å². The summed E-state index contributed by atoms with van der Waals surface area (Å²) in [6, 6.07) is 0.982. The molecular formula is C36H61F2N4O7P. The minimum Gasteiger partial charge on any atom is -0.344 e. The van der Waals surface area contributed by atoms with Crippen LogP contribution in [0.25, 0.3) is 0 Å². The largest absolute Gasteiger partial charge is 0.399 e. The maximum absolute atomic E-state index is 14.1. The number of hydrogen-bond donors (Lipinski definition) is 5. The molecule has 3 atom stereocenters. The molecule has 1 rings (SSSR count). The molecule has 1 unspecified atom stereocenters. The Bertz CT molecular complexity index is 1230. The van der Waals surface area contributed by atoms with E-state index in [1.54, 1.807) is 20.8 Å². The fourth-order valence-electron chi connectivity index (χ4n) is 5.63. The lowest BCUT2D eigenvalue weighted by molar-refractivity contribution is -0.137. The van der Waals surface area contributed by atoms with Crippen molar-refractivity contribution in [3.8, 4) is 0 Å². The van der Waals surface area contributed by atoms with E-state index in [-0.39, 0.29) is 12.3 Å². The number of alkyl halides is 2. The Labute approximate surface area is 297 Å². The van der Waals surface area contributed by atoms with Gasteiger partial charge in [0.25, 0.3) is 0 Å². The molecule has 0 spiro atoms. The van der Waals surface area contributed by atoms with Crippen molar-refractivity contribution >= 4 is 31.2 Å². The van der Waals surface area contributed by atoms with Gasteiger partial charge in [-0.25, -0.2) is 0 Å². The first kappa shape index (κ1) is 45.1. The normalized spacial score (nSPS) is 13.7. The summed E-state index contributed by atoms with van der Waals surface area (Å²) in [5.74, 6) is -2.38. The minimum atomic E-state index is -5.76. The number of nitrogens with zero attached hydrogens (tertiary/aromatic N) is 1. The molecule has 0 aliphatic heterocycles. The van der Waals surface area contributed by atoms with Crippen molar-refractivity contribution in [2.24, 2.45) is 5.92 Å². The molecule has 0 bridgehead atoms. The van der Waals surface area contributed by atoms with E-state index in [1.807, 2.05) is 4.90 Å². The van der Waals surface area contributed by atoms with E-state index >= 15 is 0 Å². The summed E-state index contributed by atoms with van der Waals surface area (Å²) >= 11 is 0. The molecule has 5 N–H and O–H groups in total. The van der Waals surface area contributed by atoms with E-state index < -0.39 is 60.6 Å². The Kier molecular flexibility index (Phi) is 20.6. The van der Waals surface area contributed by atoms with E-state index in [2.05, 4.69) is 29.8 Å². The van der Waals surface area contributed by atoms with Gasteiger partial charge >= 0.3 is 13.3 Å². The molecule has 14 heteroatoms. The third-order valence-corrected chi connectivity index (χ3v) is 9.64. The van der Waals surface area contributed by atoms with Crippen molar-refractivity contribution < 1.29 is 42.3 Å². The van der Waals surface area contributed by atoms with Crippen molar-refractivity contribution in [2.45, 2.75) is 149 Å². The summed E-state index contributed by atoms with van der Waals surface area (Å²) in [6.45, 7) is 11.9. The van der Waals surface area contributed by atoms with Crippen LogP contribution in [0, 0.1) is 5.92 Å². The van der Waals surface area contributed by atoms with Gasteiger partial charge in [-0.1, -0.05) is 116 Å². The molecule has 0 saturated heterocycles. The van der Waals surface area contributed by atoms with Gasteiger partial charge in [-0.2, -0.15) is 8.78 Å². The van der Waals surface area contributed by atoms with Crippen LogP contribution in [-0.2, 0) is 35.8 Å². The molecule has 0 aliphatic carbocycles. The zero-order valence-electron chi connectivity index (χ0n) is 30.8. The summed E-state index contributed by atoms with van der Waals surface area (Å²) < 4.78 is 39.4. The second-order valence-corrected chi connectivity index (χ2v) is 15.2. The maximum atomic E-state index is 14.1. The van der Waals surface area contributed by atoms with E-state index in [9.17, 15) is 32.5 Å². The number of unbranched alkanes of at least 4 members (excludes halogenated alkanes) is 10. The molecule has 4 amide bonds. The number of benzene rings is 1. The van der Waals surface area contributed by atoms with Crippen LogP contribution in [0.2, 0.25) is 0 Å². The monoisotopic (exact) mass is 730 g/mol. The van der Waals surface area contributed by atoms with Gasteiger partial charge in [0.1, 0.15) is 18.1 Å². The van der Waals surface area contributed by atoms with Gasteiger partial charge in [-0.15, -0.1) is 0 Å². The first-order valence-electron chi connectivity index (χ1n) is 18.2. The van der Waals surface area contributed by atoms with Gasteiger partial charge in [0.2, 0.25) is 23.6 Å². The van der Waals surface area contributed by atoms with Crippen molar-refractivity contribution in [1.82, 2.24) is 20.9 Å². The number of carbonyl (C=O) groups is 4. The number of halogens is 2. The second-order valence-electron chi connectivity index (χ2n) is 13.6. The standard InChI is InChI=1S/C36H61F2N4O7P/c1-7-9-11-13-15-17-23-42(24-18-16-14-12-10-8-2)35(46)27(5)39-34(45)32(26(3)4)41-33(44)31(40-28(6)43)25-29-19-21-30(22-20-29)36(37,38)50(47,48)49/h19-22,26-27,31-32H,7-18,23-25H2,1-6H3,(H,39,45)(H,40,43)(H,41,44)(H2,47,48,49)/t27?,31-,32+/m1/s1. The smallest absolute Gasteiger partial charge is 0.344 e. The minimum absolute atomic E-state index is 0.152. The van der Waals surface area contributed by atoms with Gasteiger partial charge in [0.05, 0.1) is 0 Å².